The van der Waals surface area contributed by atoms with Crippen LogP contribution in [0.3, 0.4) is 0 Å². The highest BCUT2D eigenvalue weighted by Crippen LogP contribution is 2.31. The smallest absolute Gasteiger partial charge is 0.311 e. The Bertz CT molecular complexity index is 1010. The number of anilines is 1. The summed E-state index contributed by atoms with van der Waals surface area (Å²) in [4.78, 5) is 30.5. The predicted molar refractivity (Wildman–Crippen MR) is 101 cm³/mol. The molecule has 2 aromatic carbocycles. The van der Waals surface area contributed by atoms with Crippen molar-refractivity contribution in [2.45, 2.75) is 20.3 Å². The average Bonchev–Trinajstić information content (AvgIpc) is 3.25. The monoisotopic (exact) mass is 364 g/mol. The fourth-order valence-corrected chi connectivity index (χ4v) is 3.28. The van der Waals surface area contributed by atoms with E-state index in [-0.39, 0.29) is 18.3 Å². The van der Waals surface area contributed by atoms with E-state index in [1.165, 1.54) is 5.56 Å². The van der Waals surface area contributed by atoms with Crippen LogP contribution in [0, 0.1) is 12.8 Å². The van der Waals surface area contributed by atoms with Gasteiger partial charge in [-0.05, 0) is 44.2 Å². The highest BCUT2D eigenvalue weighted by Gasteiger charge is 2.36. The highest BCUT2D eigenvalue weighted by atomic mass is 16.5. The van der Waals surface area contributed by atoms with Gasteiger partial charge in [0.15, 0.2) is 5.58 Å². The van der Waals surface area contributed by atoms with Gasteiger partial charge < -0.3 is 14.1 Å². The molecular weight excluding hydrogens is 344 g/mol. The van der Waals surface area contributed by atoms with Crippen molar-refractivity contribution in [1.29, 1.82) is 0 Å². The molecular formula is C21H20N2O4. The normalized spacial score (nSPS) is 16.9. The molecule has 6 nitrogen and oxygen atoms in total. The fraction of sp³-hybridized carbons (Fsp3) is 0.286. The van der Waals surface area contributed by atoms with Gasteiger partial charge in [-0.2, -0.15) is 0 Å². The third-order valence-corrected chi connectivity index (χ3v) is 4.73. The van der Waals surface area contributed by atoms with Crippen LogP contribution in [-0.2, 0) is 14.3 Å². The number of aromatic nitrogens is 1. The van der Waals surface area contributed by atoms with Gasteiger partial charge in [-0.15, -0.1) is 0 Å². The number of fused-ring (bicyclic) bond motifs is 1. The number of carbonyl (C=O) groups is 2. The van der Waals surface area contributed by atoms with Crippen molar-refractivity contribution in [3.05, 3.63) is 48.0 Å². The maximum Gasteiger partial charge on any atom is 0.311 e. The third-order valence-electron chi connectivity index (χ3n) is 4.73. The van der Waals surface area contributed by atoms with Crippen molar-refractivity contribution in [1.82, 2.24) is 4.98 Å². The Balaban J connectivity index is 1.61. The second-order valence-electron chi connectivity index (χ2n) is 6.69. The molecule has 1 aliphatic rings. The zero-order valence-electron chi connectivity index (χ0n) is 15.3. The molecule has 1 saturated heterocycles. The first-order valence-corrected chi connectivity index (χ1v) is 9.00. The van der Waals surface area contributed by atoms with Gasteiger partial charge in [-0.1, -0.05) is 17.7 Å². The summed E-state index contributed by atoms with van der Waals surface area (Å²) in [5.41, 5.74) is 4.11. The lowest BCUT2D eigenvalue weighted by Gasteiger charge is -2.16. The maximum atomic E-state index is 12.4. The lowest BCUT2D eigenvalue weighted by molar-refractivity contribution is -0.147. The molecule has 138 valence electrons. The van der Waals surface area contributed by atoms with Crippen molar-refractivity contribution in [3.63, 3.8) is 0 Å². The number of rotatable bonds is 4. The fourth-order valence-electron chi connectivity index (χ4n) is 3.28. The van der Waals surface area contributed by atoms with E-state index < -0.39 is 5.92 Å². The second kappa shape index (κ2) is 6.87. The first-order chi connectivity index (χ1) is 13.0. The number of ether oxygens (including phenoxy) is 1. The van der Waals surface area contributed by atoms with Crippen LogP contribution >= 0.6 is 0 Å². The summed E-state index contributed by atoms with van der Waals surface area (Å²) < 4.78 is 10.9. The molecule has 0 aliphatic carbocycles. The quantitative estimate of drug-likeness (QED) is 0.660. The molecule has 1 fully saturated rings. The lowest BCUT2D eigenvalue weighted by Crippen LogP contribution is -2.26. The van der Waals surface area contributed by atoms with Crippen LogP contribution < -0.4 is 4.90 Å². The zero-order chi connectivity index (χ0) is 19.0. The number of hydrogen-bond donors (Lipinski definition) is 0. The number of oxazole rings is 1. The molecule has 0 radical (unpaired) electrons. The Morgan fingerprint density at radius 3 is 2.78 bits per heavy atom. The molecule has 3 aromatic rings. The van der Waals surface area contributed by atoms with E-state index >= 15 is 0 Å². The minimum Gasteiger partial charge on any atom is -0.466 e. The molecule has 0 bridgehead atoms. The summed E-state index contributed by atoms with van der Waals surface area (Å²) >= 11 is 0. The largest absolute Gasteiger partial charge is 0.466 e. The number of nitrogens with zero attached hydrogens (tertiary/aromatic N) is 2. The van der Waals surface area contributed by atoms with E-state index in [9.17, 15) is 9.59 Å². The summed E-state index contributed by atoms with van der Waals surface area (Å²) in [6, 6.07) is 13.4. The Morgan fingerprint density at radius 1 is 1.26 bits per heavy atom. The number of aryl methyl sites for hydroxylation is 1. The van der Waals surface area contributed by atoms with Gasteiger partial charge in [0.25, 0.3) is 0 Å². The maximum absolute atomic E-state index is 12.4. The Labute approximate surface area is 156 Å². The molecule has 0 saturated carbocycles. The third kappa shape index (κ3) is 3.30. The van der Waals surface area contributed by atoms with Crippen LogP contribution in [0.2, 0.25) is 0 Å². The highest BCUT2D eigenvalue weighted by molar-refractivity contribution is 6.00. The van der Waals surface area contributed by atoms with Crippen molar-refractivity contribution in [2.75, 3.05) is 18.1 Å². The first-order valence-electron chi connectivity index (χ1n) is 9.00. The summed E-state index contributed by atoms with van der Waals surface area (Å²) in [5.74, 6) is -0.292. The van der Waals surface area contributed by atoms with E-state index in [0.29, 0.717) is 35.8 Å². The van der Waals surface area contributed by atoms with Gasteiger partial charge in [-0.3, -0.25) is 9.59 Å². The van der Waals surface area contributed by atoms with Crippen LogP contribution in [0.5, 0.6) is 0 Å². The Morgan fingerprint density at radius 2 is 2.04 bits per heavy atom. The van der Waals surface area contributed by atoms with E-state index in [2.05, 4.69) is 4.98 Å². The minimum absolute atomic E-state index is 0.0883. The van der Waals surface area contributed by atoms with Gasteiger partial charge in [0.2, 0.25) is 11.8 Å². The summed E-state index contributed by atoms with van der Waals surface area (Å²) in [6.45, 7) is 4.43. The number of carbonyl (C=O) groups excluding carboxylic acids is 2. The van der Waals surface area contributed by atoms with E-state index in [4.69, 9.17) is 9.15 Å². The lowest BCUT2D eigenvalue weighted by atomic mass is 10.1. The van der Waals surface area contributed by atoms with Crippen LogP contribution in [0.1, 0.15) is 18.9 Å². The Hall–Kier alpha value is -3.15. The molecule has 1 aromatic heterocycles. The predicted octanol–water partition coefficient (Wildman–Crippen LogP) is 3.72. The number of benzene rings is 2. The molecule has 1 atom stereocenters. The summed E-state index contributed by atoms with van der Waals surface area (Å²) in [7, 11) is 0. The molecule has 2 heterocycles. The molecule has 6 heteroatoms. The second-order valence-corrected chi connectivity index (χ2v) is 6.69. The molecule has 27 heavy (non-hydrogen) atoms. The standard InChI is InChI=1S/C21H20N2O4/c1-3-26-21(25)15-10-19(24)23(12-15)16-8-9-18-17(11-16)22-20(27-18)14-6-4-13(2)5-7-14/h4-9,11,15H,3,10,12H2,1-2H3/t15-/m0/s1. The number of amides is 1. The number of esters is 1. The Kier molecular flexibility index (Phi) is 4.39. The molecule has 1 amide bonds. The van der Waals surface area contributed by atoms with Gasteiger partial charge in [0.05, 0.1) is 12.5 Å². The topological polar surface area (TPSA) is 72.6 Å². The van der Waals surface area contributed by atoms with E-state index in [1.54, 1.807) is 17.9 Å². The SMILES string of the molecule is CCOC(=O)[C@H]1CC(=O)N(c2ccc3oc(-c4ccc(C)cc4)nc3c2)C1. The molecule has 4 rings (SSSR count). The molecule has 0 N–H and O–H groups in total. The van der Waals surface area contributed by atoms with Crippen LogP contribution in [0.25, 0.3) is 22.6 Å². The molecule has 1 aliphatic heterocycles. The van der Waals surface area contributed by atoms with Gasteiger partial charge in [0, 0.05) is 24.2 Å². The van der Waals surface area contributed by atoms with Crippen molar-refractivity contribution < 1.29 is 18.7 Å². The van der Waals surface area contributed by atoms with Crippen LogP contribution in [0.15, 0.2) is 46.9 Å². The van der Waals surface area contributed by atoms with Crippen molar-refractivity contribution in [2.24, 2.45) is 5.92 Å². The van der Waals surface area contributed by atoms with Crippen molar-refractivity contribution >= 4 is 28.7 Å². The van der Waals surface area contributed by atoms with Gasteiger partial charge in [0.1, 0.15) is 5.52 Å². The number of hydrogen-bond acceptors (Lipinski definition) is 5. The first kappa shape index (κ1) is 17.3. The summed E-state index contributed by atoms with van der Waals surface area (Å²) in [5, 5.41) is 0. The van der Waals surface area contributed by atoms with Crippen LogP contribution in [0.4, 0.5) is 5.69 Å². The average molecular weight is 364 g/mol. The van der Waals surface area contributed by atoms with E-state index in [0.717, 1.165) is 5.56 Å². The molecule has 0 unspecified atom stereocenters. The van der Waals surface area contributed by atoms with Gasteiger partial charge in [-0.25, -0.2) is 4.98 Å². The minimum atomic E-state index is -0.423. The van der Waals surface area contributed by atoms with Crippen molar-refractivity contribution in [3.8, 4) is 11.5 Å². The zero-order valence-corrected chi connectivity index (χ0v) is 15.3. The summed E-state index contributed by atoms with van der Waals surface area (Å²) in [6.07, 6.45) is 0.171. The van der Waals surface area contributed by atoms with Gasteiger partial charge >= 0.3 is 5.97 Å². The van der Waals surface area contributed by atoms with E-state index in [1.807, 2.05) is 43.3 Å². The van der Waals surface area contributed by atoms with Crippen LogP contribution in [-0.4, -0.2) is 30.0 Å². The molecule has 0 spiro atoms.